The molecule has 5 rings (SSSR count). The molecule has 222 valence electrons. The van der Waals surface area contributed by atoms with Gasteiger partial charge in [0.25, 0.3) is 5.91 Å². The maximum atomic E-state index is 13.3. The van der Waals surface area contributed by atoms with Gasteiger partial charge in [-0.25, -0.2) is 13.1 Å². The molecule has 1 aliphatic carbocycles. The molecule has 0 unspecified atom stereocenters. The van der Waals surface area contributed by atoms with E-state index in [1.165, 1.54) is 5.56 Å². The summed E-state index contributed by atoms with van der Waals surface area (Å²) < 4.78 is 35.0. The molecule has 41 heavy (non-hydrogen) atoms. The highest BCUT2D eigenvalue weighted by molar-refractivity contribution is 7.90. The Balaban J connectivity index is 1.55. The zero-order valence-electron chi connectivity index (χ0n) is 23.9. The molecule has 2 aromatic rings. The fourth-order valence-corrected chi connectivity index (χ4v) is 7.81. The zero-order chi connectivity index (χ0) is 29.1. The summed E-state index contributed by atoms with van der Waals surface area (Å²) in [6.07, 6.45) is 9.58. The van der Waals surface area contributed by atoms with Gasteiger partial charge >= 0.3 is 0 Å². The van der Waals surface area contributed by atoms with Gasteiger partial charge in [-0.1, -0.05) is 36.7 Å². The molecular formula is C32H41ClN2O5S. The van der Waals surface area contributed by atoms with Crippen molar-refractivity contribution < 1.29 is 23.1 Å². The van der Waals surface area contributed by atoms with Crippen LogP contribution in [0.5, 0.6) is 5.75 Å². The molecular weight excluding hydrogens is 560 g/mol. The summed E-state index contributed by atoms with van der Waals surface area (Å²) in [5.74, 6) is 0.602. The topological polar surface area (TPSA) is 95.9 Å². The molecule has 0 saturated heterocycles. The quantitative estimate of drug-likeness (QED) is 0.405. The fourth-order valence-electron chi connectivity index (χ4n) is 6.33. The van der Waals surface area contributed by atoms with Gasteiger partial charge in [0.05, 0.1) is 10.9 Å². The predicted octanol–water partition coefficient (Wildman–Crippen LogP) is 5.74. The van der Waals surface area contributed by atoms with Crippen LogP contribution in [0.3, 0.4) is 0 Å². The van der Waals surface area contributed by atoms with Gasteiger partial charge in [0, 0.05) is 36.2 Å². The third kappa shape index (κ3) is 6.76. The van der Waals surface area contributed by atoms with Crippen molar-refractivity contribution in [2.45, 2.75) is 64.2 Å². The molecule has 1 saturated carbocycles. The van der Waals surface area contributed by atoms with Crippen molar-refractivity contribution in [2.24, 2.45) is 23.7 Å². The molecule has 2 aromatic carbocycles. The van der Waals surface area contributed by atoms with E-state index in [0.29, 0.717) is 35.6 Å². The summed E-state index contributed by atoms with van der Waals surface area (Å²) in [7, 11) is -3.90. The molecule has 2 heterocycles. The van der Waals surface area contributed by atoms with E-state index in [1.54, 1.807) is 25.1 Å². The lowest BCUT2D eigenvalue weighted by Crippen LogP contribution is -2.42. The van der Waals surface area contributed by atoms with Crippen LogP contribution in [0.15, 0.2) is 48.6 Å². The second-order valence-corrected chi connectivity index (χ2v) is 14.4. The van der Waals surface area contributed by atoms with Gasteiger partial charge in [-0.05, 0) is 105 Å². The smallest absolute Gasteiger partial charge is 0.264 e. The predicted molar refractivity (Wildman–Crippen MR) is 163 cm³/mol. The van der Waals surface area contributed by atoms with Gasteiger partial charge in [-0.2, -0.15) is 0 Å². The number of rotatable bonds is 1. The van der Waals surface area contributed by atoms with Crippen LogP contribution in [0.25, 0.3) is 0 Å². The number of carbonyl (C=O) groups excluding carboxylic acids is 1. The highest BCUT2D eigenvalue weighted by atomic mass is 35.5. The minimum Gasteiger partial charge on any atom is -0.487 e. The Morgan fingerprint density at radius 1 is 1.10 bits per heavy atom. The van der Waals surface area contributed by atoms with Gasteiger partial charge in [-0.15, -0.1) is 0 Å². The van der Waals surface area contributed by atoms with Crippen LogP contribution in [0, 0.1) is 23.7 Å². The van der Waals surface area contributed by atoms with E-state index in [2.05, 4.69) is 15.7 Å². The Morgan fingerprint density at radius 2 is 1.93 bits per heavy atom. The lowest BCUT2D eigenvalue weighted by Gasteiger charge is -2.44. The molecule has 3 aliphatic rings. The first-order valence-electron chi connectivity index (χ1n) is 14.8. The first-order valence-corrected chi connectivity index (χ1v) is 16.7. The Morgan fingerprint density at radius 3 is 2.68 bits per heavy atom. The minimum atomic E-state index is -3.90. The molecule has 9 heteroatoms. The summed E-state index contributed by atoms with van der Waals surface area (Å²) in [4.78, 5) is 15.6. The summed E-state index contributed by atoms with van der Waals surface area (Å²) in [6, 6.07) is 11.1. The van der Waals surface area contributed by atoms with Gasteiger partial charge < -0.3 is 14.7 Å². The van der Waals surface area contributed by atoms with Gasteiger partial charge in [0.1, 0.15) is 12.4 Å². The van der Waals surface area contributed by atoms with E-state index < -0.39 is 21.2 Å². The number of nitrogens with zero attached hydrogens (tertiary/aromatic N) is 1. The van der Waals surface area contributed by atoms with Crippen LogP contribution in [0.4, 0.5) is 5.69 Å². The summed E-state index contributed by atoms with van der Waals surface area (Å²) in [5, 5.41) is 10.2. The van der Waals surface area contributed by atoms with Crippen LogP contribution in [0.2, 0.25) is 5.02 Å². The van der Waals surface area contributed by atoms with E-state index in [0.717, 1.165) is 56.4 Å². The molecule has 0 radical (unpaired) electrons. The number of benzene rings is 2. The fraction of sp³-hybridized carbons (Fsp3) is 0.531. The standard InChI is InChI=1S/C32H41ClN2O5S/c1-21-6-5-8-26(19-36)29-13-10-25(29)18-35-15-4-3-7-23-16-28(33)12-9-27(23)20-40-31-14-11-24(17-30(31)35)32(37)34-41(38,39)22(21)2/h5,8-9,11-12,14,16-17,21-22,25-26,29,36H,3-4,6-7,10,13,15,18-20H2,1-2H3,(H,34,37)/b8-5+/t21-,22+,25-,26-,29+/m0/s1. The van der Waals surface area contributed by atoms with E-state index in [-0.39, 0.29) is 24.0 Å². The second-order valence-electron chi connectivity index (χ2n) is 12.0. The third-order valence-electron chi connectivity index (χ3n) is 9.35. The van der Waals surface area contributed by atoms with Crippen LogP contribution in [-0.4, -0.2) is 44.4 Å². The van der Waals surface area contributed by atoms with Crippen LogP contribution >= 0.6 is 11.6 Å². The molecule has 7 nitrogen and oxygen atoms in total. The highest BCUT2D eigenvalue weighted by Crippen LogP contribution is 2.43. The zero-order valence-corrected chi connectivity index (χ0v) is 25.5. The molecule has 0 spiro atoms. The lowest BCUT2D eigenvalue weighted by molar-refractivity contribution is 0.0901. The molecule has 5 atom stereocenters. The number of aliphatic hydroxyl groups excluding tert-OH is 1. The number of sulfonamides is 1. The molecule has 2 bridgehead atoms. The van der Waals surface area contributed by atoms with Crippen molar-refractivity contribution in [2.75, 3.05) is 24.6 Å². The number of aliphatic hydroxyl groups is 1. The van der Waals surface area contributed by atoms with Crippen molar-refractivity contribution in [3.05, 3.63) is 70.3 Å². The number of ether oxygens (including phenoxy) is 1. The maximum Gasteiger partial charge on any atom is 0.264 e. The van der Waals surface area contributed by atoms with Crippen molar-refractivity contribution in [1.82, 2.24) is 4.72 Å². The number of nitrogens with one attached hydrogen (secondary N) is 1. The Kier molecular flexibility index (Phi) is 9.31. The Labute approximate surface area is 249 Å². The Bertz CT molecular complexity index is 1390. The number of carbonyl (C=O) groups is 1. The number of amides is 1. The second kappa shape index (κ2) is 12.8. The average Bonchev–Trinajstić information content (AvgIpc) is 2.96. The average molecular weight is 601 g/mol. The number of halogens is 1. The number of fused-ring (bicyclic) bond motifs is 3. The molecule has 0 aromatic heterocycles. The largest absolute Gasteiger partial charge is 0.487 e. The van der Waals surface area contributed by atoms with Gasteiger partial charge in [0.15, 0.2) is 0 Å². The van der Waals surface area contributed by atoms with Crippen LogP contribution < -0.4 is 14.4 Å². The first-order chi connectivity index (χ1) is 19.7. The normalized spacial score (nSPS) is 29.4. The summed E-state index contributed by atoms with van der Waals surface area (Å²) in [6.45, 7) is 5.50. The molecule has 1 fully saturated rings. The summed E-state index contributed by atoms with van der Waals surface area (Å²) >= 11 is 6.31. The Hall–Kier alpha value is -2.55. The number of allylic oxidation sites excluding steroid dienone is 1. The molecule has 2 N–H and O–H groups in total. The van der Waals surface area contributed by atoms with Gasteiger partial charge in [0.2, 0.25) is 10.0 Å². The van der Waals surface area contributed by atoms with E-state index >= 15 is 0 Å². The van der Waals surface area contributed by atoms with Crippen molar-refractivity contribution in [3.63, 3.8) is 0 Å². The van der Waals surface area contributed by atoms with Gasteiger partial charge in [-0.3, -0.25) is 4.79 Å². The number of hydrogen-bond acceptors (Lipinski definition) is 6. The van der Waals surface area contributed by atoms with Crippen LogP contribution in [-0.2, 0) is 23.1 Å². The van der Waals surface area contributed by atoms with Crippen molar-refractivity contribution in [1.29, 1.82) is 0 Å². The van der Waals surface area contributed by atoms with Crippen molar-refractivity contribution >= 4 is 33.2 Å². The first kappa shape index (κ1) is 29.9. The molecule has 2 aliphatic heterocycles. The third-order valence-corrected chi connectivity index (χ3v) is 11.5. The SMILES string of the molecule is C[C@@H]1[C@@H](C)C/C=C/[C@@H](CO)[C@@H]2CC[C@H]2CN2CCCCc3cc(Cl)ccc3COc3ccc(cc32)C(=O)NS1(=O)=O. The van der Waals surface area contributed by atoms with E-state index in [1.807, 2.05) is 31.2 Å². The van der Waals surface area contributed by atoms with E-state index in [9.17, 15) is 18.3 Å². The van der Waals surface area contributed by atoms with Crippen LogP contribution in [0.1, 0.15) is 67.4 Å². The number of aryl methyl sites for hydroxylation is 1. The summed E-state index contributed by atoms with van der Waals surface area (Å²) in [5.41, 5.74) is 3.34. The number of anilines is 1. The highest BCUT2D eigenvalue weighted by Gasteiger charge is 2.37. The number of hydrogen-bond donors (Lipinski definition) is 2. The van der Waals surface area contributed by atoms with E-state index in [4.69, 9.17) is 16.3 Å². The maximum absolute atomic E-state index is 13.3. The lowest BCUT2D eigenvalue weighted by atomic mass is 9.66. The minimum absolute atomic E-state index is 0.0331. The van der Waals surface area contributed by atoms with Crippen molar-refractivity contribution in [3.8, 4) is 5.75 Å². The molecule has 1 amide bonds. The monoisotopic (exact) mass is 600 g/mol.